The molecule has 12 heavy (non-hydrogen) atoms. The highest BCUT2D eigenvalue weighted by molar-refractivity contribution is 9.09. The van der Waals surface area contributed by atoms with Crippen molar-refractivity contribution in [2.45, 2.75) is 6.42 Å². The predicted molar refractivity (Wildman–Crippen MR) is 54.5 cm³/mol. The van der Waals surface area contributed by atoms with E-state index in [2.05, 4.69) is 32.8 Å². The second-order valence-corrected chi connectivity index (χ2v) is 3.27. The zero-order valence-electron chi connectivity index (χ0n) is 6.35. The van der Waals surface area contributed by atoms with Crippen LogP contribution in [0.3, 0.4) is 0 Å². The SMILES string of the molecule is Clc1cccc(C#CCCBr)n1. The lowest BCUT2D eigenvalue weighted by Gasteiger charge is -1.89. The van der Waals surface area contributed by atoms with Gasteiger partial charge in [-0.15, -0.1) is 0 Å². The van der Waals surface area contributed by atoms with Crippen LogP contribution in [0.1, 0.15) is 12.1 Å². The summed E-state index contributed by atoms with van der Waals surface area (Å²) >= 11 is 8.96. The summed E-state index contributed by atoms with van der Waals surface area (Å²) in [5.41, 5.74) is 0.725. The van der Waals surface area contributed by atoms with Gasteiger partial charge in [-0.2, -0.15) is 0 Å². The molecule has 1 nitrogen and oxygen atoms in total. The normalized spacial score (nSPS) is 8.83. The Morgan fingerprint density at radius 1 is 1.50 bits per heavy atom. The van der Waals surface area contributed by atoms with Gasteiger partial charge in [-0.1, -0.05) is 39.5 Å². The first-order chi connectivity index (χ1) is 5.83. The smallest absolute Gasteiger partial charge is 0.130 e. The highest BCUT2D eigenvalue weighted by Crippen LogP contribution is 2.03. The number of hydrogen-bond acceptors (Lipinski definition) is 1. The van der Waals surface area contributed by atoms with Gasteiger partial charge in [-0.25, -0.2) is 4.98 Å². The van der Waals surface area contributed by atoms with Gasteiger partial charge in [0.05, 0.1) is 0 Å². The van der Waals surface area contributed by atoms with Gasteiger partial charge < -0.3 is 0 Å². The first-order valence-corrected chi connectivity index (χ1v) is 5.00. The van der Waals surface area contributed by atoms with E-state index in [0.29, 0.717) is 5.15 Å². The first-order valence-electron chi connectivity index (χ1n) is 3.50. The van der Waals surface area contributed by atoms with Crippen LogP contribution in [0.5, 0.6) is 0 Å². The van der Waals surface area contributed by atoms with Crippen LogP contribution >= 0.6 is 27.5 Å². The van der Waals surface area contributed by atoms with Gasteiger partial charge in [0.15, 0.2) is 0 Å². The molecule has 1 rings (SSSR count). The molecule has 0 aliphatic carbocycles. The van der Waals surface area contributed by atoms with E-state index in [1.807, 2.05) is 12.1 Å². The van der Waals surface area contributed by atoms with Gasteiger partial charge in [-0.05, 0) is 18.1 Å². The molecule has 0 bridgehead atoms. The van der Waals surface area contributed by atoms with Crippen molar-refractivity contribution in [1.82, 2.24) is 4.98 Å². The lowest BCUT2D eigenvalue weighted by molar-refractivity contribution is 1.27. The summed E-state index contributed by atoms with van der Waals surface area (Å²) in [6.45, 7) is 0. The number of alkyl halides is 1. The largest absolute Gasteiger partial charge is 0.228 e. The molecule has 0 aromatic carbocycles. The number of aromatic nitrogens is 1. The Morgan fingerprint density at radius 3 is 3.00 bits per heavy atom. The van der Waals surface area contributed by atoms with E-state index in [0.717, 1.165) is 17.4 Å². The maximum absolute atomic E-state index is 5.67. The van der Waals surface area contributed by atoms with Crippen LogP contribution in [-0.4, -0.2) is 10.3 Å². The number of halogens is 2. The average Bonchev–Trinajstić information content (AvgIpc) is 2.05. The summed E-state index contributed by atoms with van der Waals surface area (Å²) in [5, 5.41) is 1.38. The first kappa shape index (κ1) is 9.57. The van der Waals surface area contributed by atoms with Gasteiger partial charge in [0.1, 0.15) is 10.8 Å². The van der Waals surface area contributed by atoms with E-state index >= 15 is 0 Å². The molecular formula is C9H7BrClN. The molecule has 0 amide bonds. The fraction of sp³-hybridized carbons (Fsp3) is 0.222. The Kier molecular flexibility index (Phi) is 4.13. The van der Waals surface area contributed by atoms with Crippen LogP contribution in [0.2, 0.25) is 5.15 Å². The molecule has 1 aromatic heterocycles. The molecule has 0 saturated carbocycles. The monoisotopic (exact) mass is 243 g/mol. The standard InChI is InChI=1S/C9H7BrClN/c10-7-2-1-4-8-5-3-6-9(11)12-8/h3,5-6H,2,7H2. The Bertz CT molecular complexity index is 314. The summed E-state index contributed by atoms with van der Waals surface area (Å²) < 4.78 is 0. The predicted octanol–water partition coefficient (Wildman–Crippen LogP) is 2.87. The van der Waals surface area contributed by atoms with Crippen molar-refractivity contribution in [3.05, 3.63) is 29.0 Å². The molecule has 62 valence electrons. The van der Waals surface area contributed by atoms with Crippen molar-refractivity contribution in [1.29, 1.82) is 0 Å². The molecule has 0 spiro atoms. The van der Waals surface area contributed by atoms with Crippen molar-refractivity contribution in [3.8, 4) is 11.8 Å². The van der Waals surface area contributed by atoms with Crippen LogP contribution in [0.4, 0.5) is 0 Å². The van der Waals surface area contributed by atoms with E-state index in [1.165, 1.54) is 0 Å². The average molecular weight is 245 g/mol. The van der Waals surface area contributed by atoms with E-state index < -0.39 is 0 Å². The topological polar surface area (TPSA) is 12.9 Å². The Hall–Kier alpha value is -0.520. The maximum atomic E-state index is 5.67. The third-order valence-electron chi connectivity index (χ3n) is 1.15. The van der Waals surface area contributed by atoms with E-state index in [1.54, 1.807) is 6.07 Å². The van der Waals surface area contributed by atoms with Crippen LogP contribution in [0.15, 0.2) is 18.2 Å². The zero-order chi connectivity index (χ0) is 8.81. The number of rotatable bonds is 1. The summed E-state index contributed by atoms with van der Waals surface area (Å²) in [7, 11) is 0. The van der Waals surface area contributed by atoms with Gasteiger partial charge in [0.25, 0.3) is 0 Å². The van der Waals surface area contributed by atoms with Crippen molar-refractivity contribution >= 4 is 27.5 Å². The van der Waals surface area contributed by atoms with Crippen LogP contribution in [-0.2, 0) is 0 Å². The summed E-state index contributed by atoms with van der Waals surface area (Å²) in [5.74, 6) is 5.87. The van der Waals surface area contributed by atoms with Gasteiger partial charge in [0, 0.05) is 11.8 Å². The number of pyridine rings is 1. The fourth-order valence-corrected chi connectivity index (χ4v) is 1.04. The fourth-order valence-electron chi connectivity index (χ4n) is 0.678. The van der Waals surface area contributed by atoms with Crippen LogP contribution < -0.4 is 0 Å². The third-order valence-corrected chi connectivity index (χ3v) is 1.76. The van der Waals surface area contributed by atoms with E-state index in [9.17, 15) is 0 Å². The lowest BCUT2D eigenvalue weighted by atomic mass is 10.3. The van der Waals surface area contributed by atoms with Crippen molar-refractivity contribution in [2.75, 3.05) is 5.33 Å². The van der Waals surface area contributed by atoms with Gasteiger partial charge in [0.2, 0.25) is 0 Å². The minimum absolute atomic E-state index is 0.487. The molecule has 0 saturated heterocycles. The van der Waals surface area contributed by atoms with Crippen molar-refractivity contribution in [2.24, 2.45) is 0 Å². The quantitative estimate of drug-likeness (QED) is 0.420. The molecule has 0 atom stereocenters. The highest BCUT2D eigenvalue weighted by atomic mass is 79.9. The third kappa shape index (κ3) is 3.25. The minimum atomic E-state index is 0.487. The maximum Gasteiger partial charge on any atom is 0.130 e. The molecular weight excluding hydrogens is 237 g/mol. The molecule has 0 aliphatic rings. The molecule has 1 heterocycles. The Labute approximate surface area is 85.3 Å². The number of nitrogens with zero attached hydrogens (tertiary/aromatic N) is 1. The van der Waals surface area contributed by atoms with Crippen LogP contribution in [0, 0.1) is 11.8 Å². The van der Waals surface area contributed by atoms with Crippen molar-refractivity contribution < 1.29 is 0 Å². The van der Waals surface area contributed by atoms with Crippen LogP contribution in [0.25, 0.3) is 0 Å². The molecule has 3 heteroatoms. The zero-order valence-corrected chi connectivity index (χ0v) is 8.69. The summed E-state index contributed by atoms with van der Waals surface area (Å²) in [4.78, 5) is 4.02. The second-order valence-electron chi connectivity index (χ2n) is 2.09. The summed E-state index contributed by atoms with van der Waals surface area (Å²) in [6, 6.07) is 5.41. The minimum Gasteiger partial charge on any atom is -0.228 e. The van der Waals surface area contributed by atoms with Crippen molar-refractivity contribution in [3.63, 3.8) is 0 Å². The Morgan fingerprint density at radius 2 is 2.33 bits per heavy atom. The molecule has 0 fully saturated rings. The lowest BCUT2D eigenvalue weighted by Crippen LogP contribution is -1.81. The molecule has 0 unspecified atom stereocenters. The van der Waals surface area contributed by atoms with E-state index in [-0.39, 0.29) is 0 Å². The van der Waals surface area contributed by atoms with Gasteiger partial charge >= 0.3 is 0 Å². The Balaban J connectivity index is 2.71. The molecule has 0 N–H and O–H groups in total. The summed E-state index contributed by atoms with van der Waals surface area (Å²) in [6.07, 6.45) is 0.828. The molecule has 1 aromatic rings. The second kappa shape index (κ2) is 5.18. The van der Waals surface area contributed by atoms with Gasteiger partial charge in [-0.3, -0.25) is 0 Å². The highest BCUT2D eigenvalue weighted by Gasteiger charge is 1.88. The van der Waals surface area contributed by atoms with E-state index in [4.69, 9.17) is 11.6 Å². The molecule has 0 radical (unpaired) electrons. The number of hydrogen-bond donors (Lipinski definition) is 0. The molecule has 0 aliphatic heterocycles.